The fraction of sp³-hybridized carbons (Fsp3) is 0.240. The molecule has 2 aromatic carbocycles. The second kappa shape index (κ2) is 8.96. The molecule has 3 heterocycles. The van der Waals surface area contributed by atoms with Crippen molar-refractivity contribution in [2.45, 2.75) is 19.5 Å². The highest BCUT2D eigenvalue weighted by atomic mass is 35.5. The molecule has 2 aromatic heterocycles. The largest absolute Gasteiger partial charge is 0.495 e. The maximum Gasteiger partial charge on any atom is 0.323 e. The Hall–Kier alpha value is -3.62. The van der Waals surface area contributed by atoms with Crippen LogP contribution < -0.4 is 10.1 Å². The summed E-state index contributed by atoms with van der Waals surface area (Å²) in [6, 6.07) is 11.7. The number of carboxylic acid groups (broad SMARTS) is 1. The predicted octanol–water partition coefficient (Wildman–Crippen LogP) is 4.58. The minimum atomic E-state index is -0.923. The van der Waals surface area contributed by atoms with E-state index in [1.165, 1.54) is 11.1 Å². The van der Waals surface area contributed by atoms with Crippen molar-refractivity contribution in [3.05, 3.63) is 64.9 Å². The SMILES string of the molecule is COc1cc2c(cc1Nc1ncc(Cl)c(-c3cn(CC(=O)O)c4ccccc34)n1)CN(C)CC2. The van der Waals surface area contributed by atoms with Crippen molar-refractivity contribution in [1.82, 2.24) is 19.4 Å². The Bertz CT molecular complexity index is 1400. The fourth-order valence-electron chi connectivity index (χ4n) is 4.44. The van der Waals surface area contributed by atoms with Crippen molar-refractivity contribution in [1.29, 1.82) is 0 Å². The number of hydrogen-bond acceptors (Lipinski definition) is 6. The molecule has 0 unspecified atom stereocenters. The number of anilines is 2. The number of aromatic nitrogens is 3. The van der Waals surface area contributed by atoms with Gasteiger partial charge in [-0.2, -0.15) is 0 Å². The van der Waals surface area contributed by atoms with Gasteiger partial charge in [-0.15, -0.1) is 0 Å². The van der Waals surface area contributed by atoms with Crippen molar-refractivity contribution >= 4 is 40.1 Å². The van der Waals surface area contributed by atoms with Crippen molar-refractivity contribution in [3.8, 4) is 17.0 Å². The average Bonchev–Trinajstić information content (AvgIpc) is 3.17. The van der Waals surface area contributed by atoms with Crippen LogP contribution in [0.1, 0.15) is 11.1 Å². The van der Waals surface area contributed by atoms with Gasteiger partial charge in [0.2, 0.25) is 5.95 Å². The van der Waals surface area contributed by atoms with Crippen molar-refractivity contribution in [2.75, 3.05) is 26.0 Å². The van der Waals surface area contributed by atoms with Gasteiger partial charge in [0.25, 0.3) is 0 Å². The van der Waals surface area contributed by atoms with Crippen molar-refractivity contribution < 1.29 is 14.6 Å². The molecule has 174 valence electrons. The Kier molecular flexibility index (Phi) is 5.85. The zero-order valence-electron chi connectivity index (χ0n) is 18.9. The molecule has 8 nitrogen and oxygen atoms in total. The monoisotopic (exact) mass is 477 g/mol. The summed E-state index contributed by atoms with van der Waals surface area (Å²) in [5.41, 5.74) is 5.36. The van der Waals surface area contributed by atoms with Gasteiger partial charge < -0.3 is 24.6 Å². The zero-order chi connectivity index (χ0) is 23.8. The molecule has 1 aliphatic heterocycles. The van der Waals surface area contributed by atoms with Crippen LogP contribution in [0, 0.1) is 0 Å². The summed E-state index contributed by atoms with van der Waals surface area (Å²) >= 11 is 6.51. The quantitative estimate of drug-likeness (QED) is 0.420. The van der Waals surface area contributed by atoms with E-state index in [4.69, 9.17) is 21.3 Å². The second-order valence-corrected chi connectivity index (χ2v) is 8.81. The van der Waals surface area contributed by atoms with Gasteiger partial charge >= 0.3 is 5.97 Å². The Morgan fingerprint density at radius 3 is 2.88 bits per heavy atom. The highest BCUT2D eigenvalue weighted by Gasteiger charge is 2.19. The molecule has 2 N–H and O–H groups in total. The summed E-state index contributed by atoms with van der Waals surface area (Å²) in [6.45, 7) is 1.72. The van der Waals surface area contributed by atoms with Crippen LogP contribution in [0.2, 0.25) is 5.02 Å². The number of ether oxygens (including phenoxy) is 1. The smallest absolute Gasteiger partial charge is 0.323 e. The summed E-state index contributed by atoms with van der Waals surface area (Å²) in [5, 5.41) is 13.9. The predicted molar refractivity (Wildman–Crippen MR) is 132 cm³/mol. The number of carboxylic acids is 1. The van der Waals surface area contributed by atoms with Gasteiger partial charge in [0.05, 0.1) is 29.7 Å². The third kappa shape index (κ3) is 4.18. The van der Waals surface area contributed by atoms with Crippen LogP contribution >= 0.6 is 11.6 Å². The molecule has 0 aliphatic carbocycles. The molecule has 4 aromatic rings. The molecule has 0 spiro atoms. The van der Waals surface area contributed by atoms with Gasteiger partial charge in [-0.25, -0.2) is 9.97 Å². The van der Waals surface area contributed by atoms with Crippen LogP contribution in [0.3, 0.4) is 0 Å². The van der Waals surface area contributed by atoms with E-state index in [1.54, 1.807) is 24.1 Å². The lowest BCUT2D eigenvalue weighted by Gasteiger charge is -2.26. The molecule has 0 saturated carbocycles. The van der Waals surface area contributed by atoms with Crippen LogP contribution in [0.5, 0.6) is 5.75 Å². The van der Waals surface area contributed by atoms with E-state index in [0.717, 1.165) is 47.4 Å². The van der Waals surface area contributed by atoms with Gasteiger partial charge in [-0.3, -0.25) is 4.79 Å². The first-order valence-electron chi connectivity index (χ1n) is 10.9. The lowest BCUT2D eigenvalue weighted by molar-refractivity contribution is -0.137. The summed E-state index contributed by atoms with van der Waals surface area (Å²) in [7, 11) is 3.75. The number of methoxy groups -OCH3 is 1. The van der Waals surface area contributed by atoms with Crippen LogP contribution in [0.25, 0.3) is 22.2 Å². The van der Waals surface area contributed by atoms with Crippen LogP contribution in [-0.4, -0.2) is 51.2 Å². The number of likely N-dealkylation sites (N-methyl/N-ethyl adjacent to an activating group) is 1. The summed E-state index contributed by atoms with van der Waals surface area (Å²) < 4.78 is 7.31. The summed E-state index contributed by atoms with van der Waals surface area (Å²) in [4.78, 5) is 22.7. The minimum absolute atomic E-state index is 0.158. The summed E-state index contributed by atoms with van der Waals surface area (Å²) in [5.74, 6) is 0.173. The Morgan fingerprint density at radius 2 is 2.09 bits per heavy atom. The number of halogens is 1. The number of rotatable bonds is 6. The van der Waals surface area contributed by atoms with Crippen molar-refractivity contribution in [2.24, 2.45) is 0 Å². The van der Waals surface area contributed by atoms with Gasteiger partial charge in [0, 0.05) is 35.8 Å². The van der Waals surface area contributed by atoms with Gasteiger partial charge in [-0.05, 0) is 42.8 Å². The van der Waals surface area contributed by atoms with Crippen LogP contribution in [0.15, 0.2) is 48.8 Å². The number of hydrogen-bond donors (Lipinski definition) is 2. The molecular formula is C25H24ClN5O3. The Labute approximate surface area is 201 Å². The number of fused-ring (bicyclic) bond motifs is 2. The molecule has 0 saturated heterocycles. The van der Waals surface area contributed by atoms with Crippen LogP contribution in [-0.2, 0) is 24.3 Å². The van der Waals surface area contributed by atoms with Gasteiger partial charge in [0.15, 0.2) is 0 Å². The molecule has 0 bridgehead atoms. The first kappa shape index (κ1) is 22.2. The second-order valence-electron chi connectivity index (χ2n) is 8.41. The maximum absolute atomic E-state index is 11.4. The number of benzene rings is 2. The van der Waals surface area contributed by atoms with E-state index < -0.39 is 5.97 Å². The fourth-order valence-corrected chi connectivity index (χ4v) is 4.64. The van der Waals surface area contributed by atoms with E-state index in [1.807, 2.05) is 24.3 Å². The van der Waals surface area contributed by atoms with Gasteiger partial charge in [0.1, 0.15) is 12.3 Å². The number of para-hydroxylation sites is 1. The topological polar surface area (TPSA) is 92.5 Å². The number of carbonyl (C=O) groups is 1. The molecule has 0 radical (unpaired) electrons. The number of aliphatic carboxylic acids is 1. The minimum Gasteiger partial charge on any atom is -0.495 e. The zero-order valence-corrected chi connectivity index (χ0v) is 19.6. The normalized spacial score (nSPS) is 13.6. The number of nitrogens with one attached hydrogen (secondary N) is 1. The van der Waals surface area contributed by atoms with E-state index in [0.29, 0.717) is 16.7 Å². The first-order valence-corrected chi connectivity index (χ1v) is 11.3. The highest BCUT2D eigenvalue weighted by molar-refractivity contribution is 6.33. The number of nitrogens with zero attached hydrogens (tertiary/aromatic N) is 4. The van der Waals surface area contributed by atoms with Crippen molar-refractivity contribution in [3.63, 3.8) is 0 Å². The van der Waals surface area contributed by atoms with E-state index in [2.05, 4.69) is 34.4 Å². The van der Waals surface area contributed by atoms with E-state index >= 15 is 0 Å². The Morgan fingerprint density at radius 1 is 1.26 bits per heavy atom. The lowest BCUT2D eigenvalue weighted by atomic mass is 9.99. The Balaban J connectivity index is 1.55. The first-order chi connectivity index (χ1) is 16.4. The molecule has 0 atom stereocenters. The molecule has 9 heteroatoms. The van der Waals surface area contributed by atoms with Crippen LogP contribution in [0.4, 0.5) is 11.6 Å². The average molecular weight is 478 g/mol. The van der Waals surface area contributed by atoms with E-state index in [9.17, 15) is 9.90 Å². The maximum atomic E-state index is 11.4. The van der Waals surface area contributed by atoms with Gasteiger partial charge in [-0.1, -0.05) is 29.8 Å². The molecule has 34 heavy (non-hydrogen) atoms. The molecule has 5 rings (SSSR count). The third-order valence-corrected chi connectivity index (χ3v) is 6.34. The molecule has 0 fully saturated rings. The molecular weight excluding hydrogens is 454 g/mol. The molecule has 0 amide bonds. The molecule has 1 aliphatic rings. The highest BCUT2D eigenvalue weighted by Crippen LogP contribution is 2.36. The standard InChI is InChI=1S/C25H24ClN5O3/c1-30-8-7-15-10-22(34-2)20(9-16(15)12-30)28-25-27-11-19(26)24(29-25)18-13-31(14-23(32)33)21-6-4-3-5-17(18)21/h3-6,9-11,13H,7-8,12,14H2,1-2H3,(H,32,33)(H,27,28,29). The van der Waals surface area contributed by atoms with E-state index in [-0.39, 0.29) is 6.54 Å². The third-order valence-electron chi connectivity index (χ3n) is 6.06. The lowest BCUT2D eigenvalue weighted by Crippen LogP contribution is -2.26. The summed E-state index contributed by atoms with van der Waals surface area (Å²) in [6.07, 6.45) is 4.30.